The Balaban J connectivity index is 2.02. The number of nitrogens with one attached hydrogen (secondary N) is 1. The van der Waals surface area contributed by atoms with Crippen molar-refractivity contribution in [3.8, 4) is 0 Å². The molecule has 0 radical (unpaired) electrons. The molecule has 1 N–H and O–H groups in total. The van der Waals surface area contributed by atoms with Gasteiger partial charge in [-0.3, -0.25) is 19.7 Å². The first kappa shape index (κ1) is 18.0. The molecule has 3 rings (SSSR count). The molecule has 0 unspecified atom stereocenters. The molecule has 0 fully saturated rings. The summed E-state index contributed by atoms with van der Waals surface area (Å²) in [5, 5.41) is 13.8. The van der Waals surface area contributed by atoms with Gasteiger partial charge in [0.25, 0.3) is 11.6 Å². The zero-order valence-electron chi connectivity index (χ0n) is 14.5. The molecule has 3 aromatic carbocycles. The van der Waals surface area contributed by atoms with Crippen LogP contribution >= 0.6 is 0 Å². The molecule has 27 heavy (non-hydrogen) atoms. The van der Waals surface area contributed by atoms with Crippen molar-refractivity contribution in [2.24, 2.45) is 0 Å². The Morgan fingerprint density at radius 3 is 2.22 bits per heavy atom. The van der Waals surface area contributed by atoms with E-state index in [4.69, 9.17) is 0 Å². The summed E-state index contributed by atoms with van der Waals surface area (Å²) in [5.74, 6) is -0.788. The van der Waals surface area contributed by atoms with E-state index in [0.717, 1.165) is 5.56 Å². The normalized spacial score (nSPS) is 10.3. The summed E-state index contributed by atoms with van der Waals surface area (Å²) in [7, 11) is 0. The van der Waals surface area contributed by atoms with Crippen molar-refractivity contribution in [1.82, 2.24) is 0 Å². The topological polar surface area (TPSA) is 89.3 Å². The Morgan fingerprint density at radius 1 is 0.889 bits per heavy atom. The second kappa shape index (κ2) is 7.61. The number of nitro benzene ring substituents is 1. The number of aryl methyl sites for hydroxylation is 1. The summed E-state index contributed by atoms with van der Waals surface area (Å²) in [6.45, 7) is 1.81. The zero-order chi connectivity index (χ0) is 19.4. The summed E-state index contributed by atoms with van der Waals surface area (Å²) in [6, 6.07) is 19.3. The maximum atomic E-state index is 12.9. The van der Waals surface area contributed by atoms with Gasteiger partial charge in [-0.05, 0) is 24.6 Å². The highest BCUT2D eigenvalue weighted by molar-refractivity contribution is 6.15. The molecular weight excluding hydrogens is 344 g/mol. The number of anilines is 1. The van der Waals surface area contributed by atoms with E-state index >= 15 is 0 Å². The largest absolute Gasteiger partial charge is 0.321 e. The predicted molar refractivity (Wildman–Crippen MR) is 102 cm³/mol. The van der Waals surface area contributed by atoms with Crippen LogP contribution in [-0.4, -0.2) is 16.6 Å². The average molecular weight is 360 g/mol. The SMILES string of the molecule is Cc1ccccc1C(=O)Nc1ccc([N+](=O)[O-])cc1C(=O)c1ccccc1. The Labute approximate surface area is 155 Å². The molecule has 0 aliphatic rings. The maximum Gasteiger partial charge on any atom is 0.270 e. The van der Waals surface area contributed by atoms with Crippen LogP contribution in [0.25, 0.3) is 0 Å². The number of nitrogens with zero attached hydrogens (tertiary/aromatic N) is 1. The average Bonchev–Trinajstić information content (AvgIpc) is 2.68. The molecule has 0 heterocycles. The fourth-order valence-electron chi connectivity index (χ4n) is 2.71. The third-order valence-corrected chi connectivity index (χ3v) is 4.13. The number of carbonyl (C=O) groups is 2. The lowest BCUT2D eigenvalue weighted by molar-refractivity contribution is -0.384. The zero-order valence-corrected chi connectivity index (χ0v) is 14.5. The van der Waals surface area contributed by atoms with E-state index in [1.54, 1.807) is 55.5 Å². The highest BCUT2D eigenvalue weighted by Gasteiger charge is 2.20. The molecule has 0 saturated heterocycles. The van der Waals surface area contributed by atoms with Crippen LogP contribution in [0.4, 0.5) is 11.4 Å². The molecule has 0 saturated carbocycles. The predicted octanol–water partition coefficient (Wildman–Crippen LogP) is 4.39. The van der Waals surface area contributed by atoms with Crippen molar-refractivity contribution in [2.45, 2.75) is 6.92 Å². The van der Waals surface area contributed by atoms with Gasteiger partial charge in [-0.1, -0.05) is 48.5 Å². The number of hydrogen-bond donors (Lipinski definition) is 1. The van der Waals surface area contributed by atoms with E-state index in [-0.39, 0.29) is 22.8 Å². The van der Waals surface area contributed by atoms with Gasteiger partial charge in [0.1, 0.15) is 0 Å². The van der Waals surface area contributed by atoms with E-state index in [1.807, 2.05) is 6.07 Å². The Kier molecular flexibility index (Phi) is 5.08. The van der Waals surface area contributed by atoms with Gasteiger partial charge in [-0.25, -0.2) is 0 Å². The summed E-state index contributed by atoms with van der Waals surface area (Å²) < 4.78 is 0. The van der Waals surface area contributed by atoms with Crippen LogP contribution in [0.15, 0.2) is 72.8 Å². The molecule has 3 aromatic rings. The van der Waals surface area contributed by atoms with Crippen molar-refractivity contribution in [1.29, 1.82) is 0 Å². The molecular formula is C21H16N2O4. The number of benzene rings is 3. The summed E-state index contributed by atoms with van der Waals surface area (Å²) in [4.78, 5) is 36.0. The fourth-order valence-corrected chi connectivity index (χ4v) is 2.71. The second-order valence-corrected chi connectivity index (χ2v) is 5.95. The lowest BCUT2D eigenvalue weighted by atomic mass is 10.0. The fraction of sp³-hybridized carbons (Fsp3) is 0.0476. The van der Waals surface area contributed by atoms with Crippen LogP contribution in [0.3, 0.4) is 0 Å². The monoisotopic (exact) mass is 360 g/mol. The maximum absolute atomic E-state index is 12.9. The summed E-state index contributed by atoms with van der Waals surface area (Å²) >= 11 is 0. The van der Waals surface area contributed by atoms with E-state index in [0.29, 0.717) is 11.1 Å². The van der Waals surface area contributed by atoms with Crippen molar-refractivity contribution in [3.05, 3.63) is 105 Å². The molecule has 134 valence electrons. The van der Waals surface area contributed by atoms with Crippen LogP contribution < -0.4 is 5.32 Å². The minimum atomic E-state index is -0.575. The van der Waals surface area contributed by atoms with Crippen LogP contribution in [0.1, 0.15) is 31.8 Å². The first-order valence-corrected chi connectivity index (χ1v) is 8.22. The lowest BCUT2D eigenvalue weighted by Crippen LogP contribution is -2.16. The molecule has 0 atom stereocenters. The number of rotatable bonds is 5. The highest BCUT2D eigenvalue weighted by atomic mass is 16.6. The number of non-ortho nitro benzene ring substituents is 1. The quantitative estimate of drug-likeness (QED) is 0.415. The van der Waals surface area contributed by atoms with E-state index in [9.17, 15) is 19.7 Å². The summed E-state index contributed by atoms with van der Waals surface area (Å²) in [6.07, 6.45) is 0. The van der Waals surface area contributed by atoms with E-state index in [1.165, 1.54) is 18.2 Å². The lowest BCUT2D eigenvalue weighted by Gasteiger charge is -2.12. The van der Waals surface area contributed by atoms with Gasteiger partial charge >= 0.3 is 0 Å². The van der Waals surface area contributed by atoms with Gasteiger partial charge < -0.3 is 5.32 Å². The van der Waals surface area contributed by atoms with E-state index in [2.05, 4.69) is 5.32 Å². The van der Waals surface area contributed by atoms with Crippen LogP contribution in [0, 0.1) is 17.0 Å². The number of nitro groups is 1. The van der Waals surface area contributed by atoms with Gasteiger partial charge in [-0.2, -0.15) is 0 Å². The van der Waals surface area contributed by atoms with Crippen molar-refractivity contribution in [2.75, 3.05) is 5.32 Å². The van der Waals surface area contributed by atoms with Crippen LogP contribution in [0.5, 0.6) is 0 Å². The Hall–Kier alpha value is -3.80. The second-order valence-electron chi connectivity index (χ2n) is 5.95. The Bertz CT molecular complexity index is 1030. The summed E-state index contributed by atoms with van der Waals surface area (Å²) in [5.41, 5.74) is 1.70. The number of amides is 1. The van der Waals surface area contributed by atoms with Crippen molar-refractivity contribution in [3.63, 3.8) is 0 Å². The van der Waals surface area contributed by atoms with Crippen LogP contribution in [-0.2, 0) is 0 Å². The number of ketones is 1. The van der Waals surface area contributed by atoms with Gasteiger partial charge in [-0.15, -0.1) is 0 Å². The number of hydrogen-bond acceptors (Lipinski definition) is 4. The minimum absolute atomic E-state index is 0.0670. The molecule has 0 aliphatic heterocycles. The van der Waals surface area contributed by atoms with Gasteiger partial charge in [0, 0.05) is 23.3 Å². The van der Waals surface area contributed by atoms with Crippen molar-refractivity contribution < 1.29 is 14.5 Å². The molecule has 0 aliphatic carbocycles. The van der Waals surface area contributed by atoms with Gasteiger partial charge in [0.15, 0.2) is 5.78 Å². The molecule has 6 nitrogen and oxygen atoms in total. The Morgan fingerprint density at radius 2 is 1.56 bits per heavy atom. The van der Waals surface area contributed by atoms with E-state index < -0.39 is 10.7 Å². The molecule has 6 heteroatoms. The molecule has 0 bridgehead atoms. The van der Waals surface area contributed by atoms with Gasteiger partial charge in [0.2, 0.25) is 0 Å². The first-order valence-electron chi connectivity index (χ1n) is 8.22. The molecule has 0 spiro atoms. The first-order chi connectivity index (χ1) is 13.0. The third-order valence-electron chi connectivity index (χ3n) is 4.13. The number of carbonyl (C=O) groups excluding carboxylic acids is 2. The highest BCUT2D eigenvalue weighted by Crippen LogP contribution is 2.25. The molecule has 1 amide bonds. The van der Waals surface area contributed by atoms with Crippen molar-refractivity contribution >= 4 is 23.1 Å². The van der Waals surface area contributed by atoms with Gasteiger partial charge in [0.05, 0.1) is 16.2 Å². The van der Waals surface area contributed by atoms with Crippen LogP contribution in [0.2, 0.25) is 0 Å². The third kappa shape index (κ3) is 3.90. The smallest absolute Gasteiger partial charge is 0.270 e. The standard InChI is InChI=1S/C21H16N2O4/c1-14-7-5-6-10-17(14)21(25)22-19-12-11-16(23(26)27)13-18(19)20(24)15-8-3-2-4-9-15/h2-13H,1H3,(H,22,25). The minimum Gasteiger partial charge on any atom is -0.321 e. The molecule has 0 aromatic heterocycles.